The Morgan fingerprint density at radius 3 is 2.56 bits per heavy atom. The number of carbonyl (C=O) groups is 1. The lowest BCUT2D eigenvalue weighted by Crippen LogP contribution is -2.48. The van der Waals surface area contributed by atoms with Crippen LogP contribution in [0.5, 0.6) is 0 Å². The lowest BCUT2D eigenvalue weighted by Gasteiger charge is -2.40. The van der Waals surface area contributed by atoms with Gasteiger partial charge >= 0.3 is 0 Å². The van der Waals surface area contributed by atoms with Gasteiger partial charge in [-0.3, -0.25) is 9.59 Å². The Balaban J connectivity index is 1.23. The Morgan fingerprint density at radius 2 is 1.78 bits per heavy atom. The maximum absolute atomic E-state index is 12.9. The highest BCUT2D eigenvalue weighted by molar-refractivity contribution is 6.07. The van der Waals surface area contributed by atoms with Crippen LogP contribution in [0, 0.1) is 0 Å². The minimum atomic E-state index is -0.0928. The van der Waals surface area contributed by atoms with E-state index < -0.39 is 0 Å². The molecule has 0 unspecified atom stereocenters. The fourth-order valence-electron chi connectivity index (χ4n) is 5.58. The molecule has 5 rings (SSSR count). The number of carbonyl (C=O) groups excluding carboxylic acids is 1. The molecule has 2 saturated heterocycles. The molecule has 32 heavy (non-hydrogen) atoms. The van der Waals surface area contributed by atoms with Gasteiger partial charge in [0.1, 0.15) is 5.52 Å². The fraction of sp³-hybridized carbons (Fsp3) is 0.560. The van der Waals surface area contributed by atoms with Crippen LogP contribution in [0.2, 0.25) is 0 Å². The van der Waals surface area contributed by atoms with Crippen LogP contribution in [0.15, 0.2) is 35.3 Å². The molecule has 2 aromatic heterocycles. The van der Waals surface area contributed by atoms with E-state index >= 15 is 0 Å². The third-order valence-electron chi connectivity index (χ3n) is 7.36. The Labute approximate surface area is 188 Å². The zero-order valence-corrected chi connectivity index (χ0v) is 19.0. The Kier molecular flexibility index (Phi) is 6.00. The molecule has 7 heteroatoms. The van der Waals surface area contributed by atoms with Crippen molar-refractivity contribution in [3.63, 3.8) is 0 Å². The molecule has 1 amide bonds. The van der Waals surface area contributed by atoms with E-state index in [4.69, 9.17) is 0 Å². The van der Waals surface area contributed by atoms with Crippen LogP contribution in [0.25, 0.3) is 21.8 Å². The van der Waals surface area contributed by atoms with Crippen LogP contribution in [0.3, 0.4) is 0 Å². The lowest BCUT2D eigenvalue weighted by atomic mass is 9.99. The first-order valence-corrected chi connectivity index (χ1v) is 12.1. The monoisotopic (exact) mass is 435 g/mol. The second-order valence-electron chi connectivity index (χ2n) is 9.32. The summed E-state index contributed by atoms with van der Waals surface area (Å²) < 4.78 is 3.46. The molecule has 0 bridgehead atoms. The predicted octanol–water partition coefficient (Wildman–Crippen LogP) is 3.15. The van der Waals surface area contributed by atoms with Crippen molar-refractivity contribution in [2.45, 2.75) is 57.5 Å². The maximum atomic E-state index is 12.9. The van der Waals surface area contributed by atoms with Crippen LogP contribution < -0.4 is 5.56 Å². The molecule has 1 aromatic carbocycles. The lowest BCUT2D eigenvalue weighted by molar-refractivity contribution is -0.133. The van der Waals surface area contributed by atoms with Crippen LogP contribution in [-0.4, -0.2) is 62.3 Å². The summed E-state index contributed by atoms with van der Waals surface area (Å²) in [6.07, 6.45) is 9.22. The van der Waals surface area contributed by atoms with Crippen molar-refractivity contribution in [2.75, 3.05) is 26.2 Å². The van der Waals surface area contributed by atoms with Gasteiger partial charge in [0.25, 0.3) is 5.56 Å². The predicted molar refractivity (Wildman–Crippen MR) is 127 cm³/mol. The number of rotatable bonds is 5. The second kappa shape index (κ2) is 9.06. The summed E-state index contributed by atoms with van der Waals surface area (Å²) in [5.41, 5.74) is 1.62. The molecule has 0 saturated carbocycles. The second-order valence-corrected chi connectivity index (χ2v) is 9.32. The number of amides is 1. The van der Waals surface area contributed by atoms with Crippen molar-refractivity contribution in [1.82, 2.24) is 24.1 Å². The summed E-state index contributed by atoms with van der Waals surface area (Å²) in [6, 6.07) is 8.71. The Hall–Kier alpha value is -2.67. The molecule has 7 nitrogen and oxygen atoms in total. The largest absolute Gasteiger partial charge is 0.343 e. The molecule has 3 aromatic rings. The highest BCUT2D eigenvalue weighted by Gasteiger charge is 2.27. The smallest absolute Gasteiger partial charge is 0.291 e. The van der Waals surface area contributed by atoms with Gasteiger partial charge in [-0.25, -0.2) is 4.68 Å². The van der Waals surface area contributed by atoms with Crippen molar-refractivity contribution in [3.8, 4) is 0 Å². The zero-order valence-electron chi connectivity index (χ0n) is 19.0. The van der Waals surface area contributed by atoms with E-state index in [2.05, 4.69) is 19.5 Å². The summed E-state index contributed by atoms with van der Waals surface area (Å²) >= 11 is 0. The first-order valence-electron chi connectivity index (χ1n) is 12.1. The minimum Gasteiger partial charge on any atom is -0.343 e. The van der Waals surface area contributed by atoms with Crippen LogP contribution >= 0.6 is 0 Å². The molecule has 0 radical (unpaired) electrons. The van der Waals surface area contributed by atoms with Gasteiger partial charge in [-0.2, -0.15) is 5.10 Å². The van der Waals surface area contributed by atoms with Gasteiger partial charge in [0.2, 0.25) is 5.91 Å². The van der Waals surface area contributed by atoms with Gasteiger partial charge in [0, 0.05) is 55.4 Å². The highest BCUT2D eigenvalue weighted by Crippen LogP contribution is 2.27. The third-order valence-corrected chi connectivity index (χ3v) is 7.36. The minimum absolute atomic E-state index is 0.0928. The van der Waals surface area contributed by atoms with E-state index in [9.17, 15) is 9.59 Å². The molecular formula is C25H33N5O2. The van der Waals surface area contributed by atoms with Gasteiger partial charge in [-0.15, -0.1) is 0 Å². The average Bonchev–Trinajstić information content (AvgIpc) is 3.16. The van der Waals surface area contributed by atoms with Crippen molar-refractivity contribution in [2.24, 2.45) is 7.05 Å². The third kappa shape index (κ3) is 3.94. The van der Waals surface area contributed by atoms with Crippen LogP contribution in [0.1, 0.15) is 44.9 Å². The number of benzene rings is 1. The Bertz CT molecular complexity index is 1170. The summed E-state index contributed by atoms with van der Waals surface area (Å²) in [5, 5.41) is 6.13. The van der Waals surface area contributed by atoms with E-state index in [-0.39, 0.29) is 11.5 Å². The van der Waals surface area contributed by atoms with Crippen molar-refractivity contribution < 1.29 is 4.79 Å². The van der Waals surface area contributed by atoms with Gasteiger partial charge in [-0.05, 0) is 51.3 Å². The summed E-state index contributed by atoms with van der Waals surface area (Å²) in [4.78, 5) is 30.4. The molecular weight excluding hydrogens is 402 g/mol. The molecule has 0 N–H and O–H groups in total. The number of piperidine rings is 2. The molecule has 170 valence electrons. The molecule has 0 aliphatic carbocycles. The van der Waals surface area contributed by atoms with Crippen LogP contribution in [-0.2, 0) is 18.4 Å². The van der Waals surface area contributed by atoms with Gasteiger partial charge in [-0.1, -0.05) is 24.6 Å². The first kappa shape index (κ1) is 21.2. The standard InChI is InChI=1S/C25H33N5O2/c1-27-25(32)24-21(18-26-27)20-8-3-4-9-22(20)30(24)15-7-10-23(31)29-16-11-19(12-17-29)28-13-5-2-6-14-28/h3-4,8-9,18-19H,2,5-7,10-17H2,1H3. The molecule has 0 atom stereocenters. The molecule has 2 fully saturated rings. The van der Waals surface area contributed by atoms with Crippen molar-refractivity contribution >= 4 is 27.7 Å². The number of likely N-dealkylation sites (tertiary alicyclic amines) is 2. The average molecular weight is 436 g/mol. The molecule has 2 aliphatic heterocycles. The Morgan fingerprint density at radius 1 is 1.03 bits per heavy atom. The summed E-state index contributed by atoms with van der Waals surface area (Å²) in [7, 11) is 1.68. The van der Waals surface area contributed by atoms with E-state index in [0.29, 0.717) is 24.5 Å². The van der Waals surface area contributed by atoms with Gasteiger partial charge in [0.05, 0.1) is 6.20 Å². The number of fused-ring (bicyclic) bond motifs is 3. The first-order chi connectivity index (χ1) is 15.6. The number of hydrogen-bond donors (Lipinski definition) is 0. The summed E-state index contributed by atoms with van der Waals surface area (Å²) in [5.74, 6) is 0.248. The van der Waals surface area contributed by atoms with Crippen molar-refractivity contribution in [1.29, 1.82) is 0 Å². The van der Waals surface area contributed by atoms with Gasteiger partial charge in [0.15, 0.2) is 0 Å². The van der Waals surface area contributed by atoms with Crippen LogP contribution in [0.4, 0.5) is 0 Å². The highest BCUT2D eigenvalue weighted by atomic mass is 16.2. The quantitative estimate of drug-likeness (QED) is 0.618. The van der Waals surface area contributed by atoms with E-state index in [0.717, 1.165) is 48.6 Å². The number of hydrogen-bond acceptors (Lipinski definition) is 4. The topological polar surface area (TPSA) is 63.4 Å². The SMILES string of the molecule is Cn1ncc2c3ccccc3n(CCCC(=O)N3CCC(N4CCCCC4)CC3)c2c1=O. The van der Waals surface area contributed by atoms with Gasteiger partial charge < -0.3 is 14.4 Å². The molecule has 4 heterocycles. The number of para-hydroxylation sites is 1. The zero-order chi connectivity index (χ0) is 22.1. The number of nitrogens with zero attached hydrogens (tertiary/aromatic N) is 5. The normalized spacial score (nSPS) is 18.6. The van der Waals surface area contributed by atoms with Crippen molar-refractivity contribution in [3.05, 3.63) is 40.8 Å². The number of aromatic nitrogens is 3. The molecule has 0 spiro atoms. The van der Waals surface area contributed by atoms with E-state index in [1.807, 2.05) is 24.3 Å². The van der Waals surface area contributed by atoms with E-state index in [1.165, 1.54) is 37.0 Å². The summed E-state index contributed by atoms with van der Waals surface area (Å²) in [6.45, 7) is 4.86. The number of aryl methyl sites for hydroxylation is 2. The fourth-order valence-corrected chi connectivity index (χ4v) is 5.58. The molecule has 2 aliphatic rings. The maximum Gasteiger partial charge on any atom is 0.291 e. The van der Waals surface area contributed by atoms with E-state index in [1.54, 1.807) is 13.2 Å².